The predicted octanol–water partition coefficient (Wildman–Crippen LogP) is 1.30. The first-order valence-electron chi connectivity index (χ1n) is 7.13. The lowest BCUT2D eigenvalue weighted by atomic mass is 9.98. The van der Waals surface area contributed by atoms with E-state index in [1.165, 1.54) is 0 Å². The second kappa shape index (κ2) is 5.63. The van der Waals surface area contributed by atoms with Crippen LogP contribution in [0.4, 0.5) is 11.8 Å². The molecule has 3 heterocycles. The maximum atomic E-state index is 8.95. The predicted molar refractivity (Wildman–Crippen MR) is 75.2 cm³/mol. The van der Waals surface area contributed by atoms with Gasteiger partial charge in [0.05, 0.1) is 18.4 Å². The number of nitriles is 1. The summed E-state index contributed by atoms with van der Waals surface area (Å²) in [6, 6.07) is 4.37. The molecule has 1 aromatic heterocycles. The Morgan fingerprint density at radius 3 is 2.75 bits per heavy atom. The molecule has 1 aromatic rings. The lowest BCUT2D eigenvalue weighted by Crippen LogP contribution is -2.34. The molecule has 6 nitrogen and oxygen atoms in total. The fourth-order valence-corrected chi connectivity index (χ4v) is 2.85. The number of hydrogen-bond donors (Lipinski definition) is 1. The van der Waals surface area contributed by atoms with E-state index in [2.05, 4.69) is 20.9 Å². The van der Waals surface area contributed by atoms with Gasteiger partial charge >= 0.3 is 0 Å². The minimum Gasteiger partial charge on any atom is -0.381 e. The third kappa shape index (κ3) is 2.68. The van der Waals surface area contributed by atoms with Crippen molar-refractivity contribution in [1.29, 1.82) is 5.26 Å². The van der Waals surface area contributed by atoms with Crippen molar-refractivity contribution in [2.45, 2.75) is 25.2 Å². The molecular weight excluding hydrogens is 254 g/mol. The van der Waals surface area contributed by atoms with Gasteiger partial charge in [0.2, 0.25) is 5.95 Å². The van der Waals surface area contributed by atoms with Gasteiger partial charge in [-0.25, -0.2) is 4.98 Å². The SMILES string of the molecule is N#CC1CCN(c2cc(C3CCOC3)nc(N)n2)CC1. The summed E-state index contributed by atoms with van der Waals surface area (Å²) in [6.45, 7) is 3.22. The first kappa shape index (κ1) is 13.1. The van der Waals surface area contributed by atoms with Crippen molar-refractivity contribution in [3.8, 4) is 6.07 Å². The molecule has 0 bridgehead atoms. The summed E-state index contributed by atoms with van der Waals surface area (Å²) in [5.41, 5.74) is 6.82. The van der Waals surface area contributed by atoms with Gasteiger partial charge < -0.3 is 15.4 Å². The Labute approximate surface area is 118 Å². The zero-order valence-electron chi connectivity index (χ0n) is 11.5. The number of rotatable bonds is 2. The van der Waals surface area contributed by atoms with Crippen LogP contribution >= 0.6 is 0 Å². The van der Waals surface area contributed by atoms with Crippen LogP contribution in [0.2, 0.25) is 0 Å². The van der Waals surface area contributed by atoms with Gasteiger partial charge in [0.15, 0.2) is 0 Å². The summed E-state index contributed by atoms with van der Waals surface area (Å²) in [6.07, 6.45) is 2.77. The lowest BCUT2D eigenvalue weighted by molar-refractivity contribution is 0.193. The highest BCUT2D eigenvalue weighted by atomic mass is 16.5. The summed E-state index contributed by atoms with van der Waals surface area (Å²) in [4.78, 5) is 10.9. The molecule has 2 aliphatic heterocycles. The molecule has 0 radical (unpaired) electrons. The molecule has 20 heavy (non-hydrogen) atoms. The highest BCUT2D eigenvalue weighted by Crippen LogP contribution is 2.28. The van der Waals surface area contributed by atoms with Crippen LogP contribution in [0.3, 0.4) is 0 Å². The summed E-state index contributed by atoms with van der Waals surface area (Å²) < 4.78 is 5.41. The number of hydrogen-bond acceptors (Lipinski definition) is 6. The average molecular weight is 273 g/mol. The fraction of sp³-hybridized carbons (Fsp3) is 0.643. The maximum Gasteiger partial charge on any atom is 0.222 e. The fourth-order valence-electron chi connectivity index (χ4n) is 2.85. The normalized spacial score (nSPS) is 23.8. The van der Waals surface area contributed by atoms with E-state index in [0.29, 0.717) is 18.5 Å². The molecule has 2 N–H and O–H groups in total. The molecule has 0 spiro atoms. The van der Waals surface area contributed by atoms with Gasteiger partial charge in [-0.05, 0) is 19.3 Å². The van der Waals surface area contributed by atoms with Gasteiger partial charge in [0.1, 0.15) is 5.82 Å². The van der Waals surface area contributed by atoms with Crippen molar-refractivity contribution in [3.63, 3.8) is 0 Å². The number of piperidine rings is 1. The molecule has 0 saturated carbocycles. The molecule has 1 atom stereocenters. The standard InChI is InChI=1S/C14H19N5O/c15-8-10-1-4-19(5-2-10)13-7-12(17-14(16)18-13)11-3-6-20-9-11/h7,10-11H,1-6,9H2,(H2,16,17,18). The summed E-state index contributed by atoms with van der Waals surface area (Å²) in [7, 11) is 0. The van der Waals surface area contributed by atoms with Crippen LogP contribution in [-0.2, 0) is 4.74 Å². The summed E-state index contributed by atoms with van der Waals surface area (Å²) in [5.74, 6) is 1.71. The first-order chi connectivity index (χ1) is 9.76. The number of nitrogen functional groups attached to an aromatic ring is 1. The molecule has 0 aromatic carbocycles. The molecule has 3 rings (SSSR count). The smallest absolute Gasteiger partial charge is 0.222 e. The Bertz CT molecular complexity index is 513. The molecule has 2 saturated heterocycles. The molecular formula is C14H19N5O. The van der Waals surface area contributed by atoms with Crippen molar-refractivity contribution in [2.75, 3.05) is 36.9 Å². The Morgan fingerprint density at radius 1 is 1.30 bits per heavy atom. The minimum atomic E-state index is 0.174. The number of nitrogens with two attached hydrogens (primary N) is 1. The van der Waals surface area contributed by atoms with E-state index in [9.17, 15) is 0 Å². The largest absolute Gasteiger partial charge is 0.381 e. The van der Waals surface area contributed by atoms with Gasteiger partial charge in [-0.2, -0.15) is 10.2 Å². The van der Waals surface area contributed by atoms with Crippen LogP contribution in [-0.4, -0.2) is 36.3 Å². The van der Waals surface area contributed by atoms with Crippen LogP contribution in [0.1, 0.15) is 30.9 Å². The molecule has 2 aliphatic rings. The highest BCUT2D eigenvalue weighted by molar-refractivity contribution is 5.45. The number of ether oxygens (including phenoxy) is 1. The molecule has 0 aliphatic carbocycles. The molecule has 6 heteroatoms. The zero-order chi connectivity index (χ0) is 13.9. The van der Waals surface area contributed by atoms with E-state index < -0.39 is 0 Å². The second-order valence-electron chi connectivity index (χ2n) is 5.46. The van der Waals surface area contributed by atoms with E-state index in [0.717, 1.165) is 50.5 Å². The van der Waals surface area contributed by atoms with Crippen LogP contribution in [0.5, 0.6) is 0 Å². The first-order valence-corrected chi connectivity index (χ1v) is 7.13. The van der Waals surface area contributed by atoms with Gasteiger partial charge in [0, 0.05) is 37.6 Å². The van der Waals surface area contributed by atoms with Crippen LogP contribution in [0.25, 0.3) is 0 Å². The number of aromatic nitrogens is 2. The number of nitrogens with zero attached hydrogens (tertiary/aromatic N) is 4. The summed E-state index contributed by atoms with van der Waals surface area (Å²) in [5, 5.41) is 8.95. The van der Waals surface area contributed by atoms with Crippen molar-refractivity contribution < 1.29 is 4.74 Å². The third-order valence-electron chi connectivity index (χ3n) is 4.10. The Kier molecular flexibility index (Phi) is 3.70. The monoisotopic (exact) mass is 273 g/mol. The second-order valence-corrected chi connectivity index (χ2v) is 5.46. The average Bonchev–Trinajstić information content (AvgIpc) is 3.01. The Morgan fingerprint density at radius 2 is 2.10 bits per heavy atom. The summed E-state index contributed by atoms with van der Waals surface area (Å²) >= 11 is 0. The van der Waals surface area contributed by atoms with Crippen molar-refractivity contribution in [2.24, 2.45) is 5.92 Å². The lowest BCUT2D eigenvalue weighted by Gasteiger charge is -2.30. The Hall–Kier alpha value is -1.87. The number of anilines is 2. The van der Waals surface area contributed by atoms with Crippen molar-refractivity contribution in [3.05, 3.63) is 11.8 Å². The van der Waals surface area contributed by atoms with Crippen molar-refractivity contribution >= 4 is 11.8 Å². The van der Waals surface area contributed by atoms with E-state index in [1.807, 2.05) is 6.07 Å². The van der Waals surface area contributed by atoms with Crippen molar-refractivity contribution in [1.82, 2.24) is 9.97 Å². The Balaban J connectivity index is 1.78. The minimum absolute atomic E-state index is 0.174. The van der Waals surface area contributed by atoms with Crippen LogP contribution in [0.15, 0.2) is 6.07 Å². The topological polar surface area (TPSA) is 88.1 Å². The quantitative estimate of drug-likeness (QED) is 0.873. The maximum absolute atomic E-state index is 8.95. The highest BCUT2D eigenvalue weighted by Gasteiger charge is 2.24. The van der Waals surface area contributed by atoms with Crippen LogP contribution < -0.4 is 10.6 Å². The van der Waals surface area contributed by atoms with Gasteiger partial charge in [0.25, 0.3) is 0 Å². The van der Waals surface area contributed by atoms with Gasteiger partial charge in [-0.3, -0.25) is 0 Å². The van der Waals surface area contributed by atoms with E-state index in [4.69, 9.17) is 15.7 Å². The van der Waals surface area contributed by atoms with E-state index >= 15 is 0 Å². The van der Waals surface area contributed by atoms with E-state index in [1.54, 1.807) is 0 Å². The molecule has 2 fully saturated rings. The molecule has 0 amide bonds. The molecule has 106 valence electrons. The van der Waals surface area contributed by atoms with Gasteiger partial charge in [-0.1, -0.05) is 0 Å². The zero-order valence-corrected chi connectivity index (χ0v) is 11.5. The van der Waals surface area contributed by atoms with E-state index in [-0.39, 0.29) is 5.92 Å². The van der Waals surface area contributed by atoms with Gasteiger partial charge in [-0.15, -0.1) is 0 Å². The molecule has 1 unspecified atom stereocenters. The third-order valence-corrected chi connectivity index (χ3v) is 4.10. The van der Waals surface area contributed by atoms with Crippen LogP contribution in [0, 0.1) is 17.2 Å².